The van der Waals surface area contributed by atoms with Gasteiger partial charge in [-0.1, -0.05) is 12.1 Å². The molecule has 0 spiro atoms. The van der Waals surface area contributed by atoms with Crippen molar-refractivity contribution in [1.29, 1.82) is 0 Å². The number of nitrogens with one attached hydrogen (secondary N) is 1. The summed E-state index contributed by atoms with van der Waals surface area (Å²) in [4.78, 5) is 18.5. The topological polar surface area (TPSA) is 82.3 Å². The first-order valence-corrected chi connectivity index (χ1v) is 11.9. The molecule has 0 amide bonds. The van der Waals surface area contributed by atoms with E-state index in [1.165, 1.54) is 0 Å². The fourth-order valence-corrected chi connectivity index (χ4v) is 4.51. The maximum Gasteiger partial charge on any atom is 0.229 e. The number of fused-ring (bicyclic) bond motifs is 1. The van der Waals surface area contributed by atoms with Crippen molar-refractivity contribution in [3.8, 4) is 5.69 Å². The molecular weight excluding hydrogens is 426 g/mol. The van der Waals surface area contributed by atoms with Gasteiger partial charge in [-0.25, -0.2) is 9.97 Å². The maximum atomic E-state index is 10.4. The van der Waals surface area contributed by atoms with Crippen molar-refractivity contribution in [2.24, 2.45) is 5.92 Å². The average Bonchev–Trinajstić information content (AvgIpc) is 3.64. The lowest BCUT2D eigenvalue weighted by Gasteiger charge is -2.33. The van der Waals surface area contributed by atoms with Crippen LogP contribution < -0.4 is 10.2 Å². The van der Waals surface area contributed by atoms with E-state index in [4.69, 9.17) is 4.98 Å². The van der Waals surface area contributed by atoms with Crippen LogP contribution in [0.1, 0.15) is 24.5 Å². The Hall–Kier alpha value is -3.49. The van der Waals surface area contributed by atoms with Gasteiger partial charge >= 0.3 is 0 Å². The van der Waals surface area contributed by atoms with Crippen LogP contribution in [-0.4, -0.2) is 62.8 Å². The molecule has 4 heterocycles. The van der Waals surface area contributed by atoms with Crippen molar-refractivity contribution < 1.29 is 5.11 Å². The predicted octanol–water partition coefficient (Wildman–Crippen LogP) is 3.75. The molecule has 1 saturated carbocycles. The van der Waals surface area contributed by atoms with Gasteiger partial charge in [0.25, 0.3) is 0 Å². The van der Waals surface area contributed by atoms with Crippen LogP contribution in [0.3, 0.4) is 0 Å². The fourth-order valence-electron chi connectivity index (χ4n) is 4.51. The van der Waals surface area contributed by atoms with Gasteiger partial charge in [0, 0.05) is 49.6 Å². The lowest BCUT2D eigenvalue weighted by atomic mass is 10.1. The molecule has 174 valence electrons. The molecule has 1 unspecified atom stereocenters. The number of likely N-dealkylation sites (N-methyl/N-ethyl adjacent to an activating group) is 1. The van der Waals surface area contributed by atoms with E-state index in [1.807, 2.05) is 65.6 Å². The first kappa shape index (κ1) is 21.1. The summed E-state index contributed by atoms with van der Waals surface area (Å²) in [5.74, 6) is 1.95. The highest BCUT2D eigenvalue weighted by Crippen LogP contribution is 2.41. The molecule has 34 heavy (non-hydrogen) atoms. The zero-order chi connectivity index (χ0) is 23.1. The number of anilines is 3. The molecule has 1 atom stereocenters. The van der Waals surface area contributed by atoms with E-state index in [0.717, 1.165) is 72.8 Å². The van der Waals surface area contributed by atoms with Crippen LogP contribution in [0.25, 0.3) is 16.7 Å². The highest BCUT2D eigenvalue weighted by molar-refractivity contribution is 5.78. The number of pyridine rings is 1. The second kappa shape index (κ2) is 8.70. The van der Waals surface area contributed by atoms with E-state index in [2.05, 4.69) is 32.1 Å². The van der Waals surface area contributed by atoms with E-state index in [1.54, 1.807) is 0 Å². The van der Waals surface area contributed by atoms with Crippen molar-refractivity contribution in [3.63, 3.8) is 0 Å². The molecule has 0 bridgehead atoms. The Kier molecular flexibility index (Phi) is 5.39. The minimum Gasteiger partial charge on any atom is -0.388 e. The first-order chi connectivity index (χ1) is 16.6. The van der Waals surface area contributed by atoms with Crippen molar-refractivity contribution in [1.82, 2.24) is 24.4 Å². The number of aliphatic hydroxyl groups excluding tert-OH is 1. The third-order valence-electron chi connectivity index (χ3n) is 6.84. The molecule has 8 nitrogen and oxygen atoms in total. The standard InChI is InChI=1S/C26H29N7O/c1-31-12-14-32(15-13-31)23-9-6-21(17-27-23)29-26-28-16-20-10-11-33(25(20)30-26)22-7-4-19(5-8-22)24(34)18-2-3-18/h4-11,16-18,24,34H,2-3,12-15H2,1H3,(H,28,29,30). The van der Waals surface area contributed by atoms with Crippen molar-refractivity contribution in [2.75, 3.05) is 43.4 Å². The lowest BCUT2D eigenvalue weighted by Crippen LogP contribution is -2.44. The van der Waals surface area contributed by atoms with Gasteiger partial charge in [-0.05, 0) is 61.7 Å². The molecule has 2 N–H and O–H groups in total. The summed E-state index contributed by atoms with van der Waals surface area (Å²) in [5.41, 5.74) is 3.67. The largest absolute Gasteiger partial charge is 0.388 e. The molecule has 0 radical (unpaired) electrons. The van der Waals surface area contributed by atoms with Gasteiger partial charge in [0.2, 0.25) is 5.95 Å². The Balaban J connectivity index is 1.20. The summed E-state index contributed by atoms with van der Waals surface area (Å²) in [7, 11) is 2.15. The van der Waals surface area contributed by atoms with Gasteiger partial charge in [0.15, 0.2) is 0 Å². The Labute approximate surface area is 198 Å². The number of hydrogen-bond acceptors (Lipinski definition) is 7. The number of aliphatic hydroxyl groups is 1. The highest BCUT2D eigenvalue weighted by atomic mass is 16.3. The van der Waals surface area contributed by atoms with E-state index < -0.39 is 0 Å². The van der Waals surface area contributed by atoms with Crippen LogP contribution >= 0.6 is 0 Å². The fraction of sp³-hybridized carbons (Fsp3) is 0.346. The van der Waals surface area contributed by atoms with Gasteiger partial charge in [-0.15, -0.1) is 0 Å². The zero-order valence-corrected chi connectivity index (χ0v) is 19.3. The number of rotatable bonds is 6. The van der Waals surface area contributed by atoms with E-state index in [9.17, 15) is 5.11 Å². The Morgan fingerprint density at radius 1 is 0.941 bits per heavy atom. The average molecular weight is 456 g/mol. The molecule has 2 aliphatic rings. The molecule has 6 rings (SSSR count). The van der Waals surface area contributed by atoms with Gasteiger partial charge in [-0.2, -0.15) is 4.98 Å². The van der Waals surface area contributed by atoms with Gasteiger partial charge in [0.1, 0.15) is 11.5 Å². The number of piperazine rings is 1. The summed E-state index contributed by atoms with van der Waals surface area (Å²) < 4.78 is 2.05. The third kappa shape index (κ3) is 4.22. The predicted molar refractivity (Wildman–Crippen MR) is 134 cm³/mol. The number of nitrogens with zero attached hydrogens (tertiary/aromatic N) is 6. The summed E-state index contributed by atoms with van der Waals surface area (Å²) in [6.07, 6.45) is 7.55. The van der Waals surface area contributed by atoms with Gasteiger partial charge in [-0.3, -0.25) is 0 Å². The molecule has 1 aromatic carbocycles. The lowest BCUT2D eigenvalue weighted by molar-refractivity contribution is 0.154. The maximum absolute atomic E-state index is 10.4. The Morgan fingerprint density at radius 2 is 1.74 bits per heavy atom. The normalized spacial score (nSPS) is 17.8. The van der Waals surface area contributed by atoms with E-state index in [0.29, 0.717) is 11.9 Å². The summed E-state index contributed by atoms with van der Waals surface area (Å²) >= 11 is 0. The molecular formula is C26H29N7O. The number of hydrogen-bond donors (Lipinski definition) is 2. The van der Waals surface area contributed by atoms with Gasteiger partial charge in [0.05, 0.1) is 18.0 Å². The molecule has 1 saturated heterocycles. The second-order valence-electron chi connectivity index (χ2n) is 9.35. The third-order valence-corrected chi connectivity index (χ3v) is 6.84. The minimum absolute atomic E-state index is 0.357. The second-order valence-corrected chi connectivity index (χ2v) is 9.35. The smallest absolute Gasteiger partial charge is 0.229 e. The van der Waals surface area contributed by atoms with Gasteiger partial charge < -0.3 is 24.8 Å². The van der Waals surface area contributed by atoms with E-state index >= 15 is 0 Å². The Bertz CT molecular complexity index is 1270. The molecule has 1 aliphatic carbocycles. The molecule has 2 fully saturated rings. The molecule has 4 aromatic rings. The summed E-state index contributed by atoms with van der Waals surface area (Å²) in [6, 6.07) is 14.2. The van der Waals surface area contributed by atoms with Crippen LogP contribution in [0.15, 0.2) is 61.1 Å². The molecule has 3 aromatic heterocycles. The van der Waals surface area contributed by atoms with Crippen molar-refractivity contribution in [2.45, 2.75) is 18.9 Å². The van der Waals surface area contributed by atoms with Crippen molar-refractivity contribution in [3.05, 3.63) is 66.6 Å². The van der Waals surface area contributed by atoms with Crippen LogP contribution in [-0.2, 0) is 0 Å². The molecule has 1 aliphatic heterocycles. The van der Waals surface area contributed by atoms with Crippen molar-refractivity contribution >= 4 is 28.5 Å². The monoisotopic (exact) mass is 455 g/mol. The summed E-state index contributed by atoms with van der Waals surface area (Å²) in [6.45, 7) is 4.10. The van der Waals surface area contributed by atoms with E-state index in [-0.39, 0.29) is 6.10 Å². The zero-order valence-electron chi connectivity index (χ0n) is 19.3. The minimum atomic E-state index is -0.357. The van der Waals surface area contributed by atoms with Crippen LogP contribution in [0.4, 0.5) is 17.5 Å². The van der Waals surface area contributed by atoms with Crippen LogP contribution in [0, 0.1) is 5.92 Å². The van der Waals surface area contributed by atoms with Crippen LogP contribution in [0.2, 0.25) is 0 Å². The first-order valence-electron chi connectivity index (χ1n) is 11.9. The SMILES string of the molecule is CN1CCN(c2ccc(Nc3ncc4ccn(-c5ccc(C(O)C6CC6)cc5)c4n3)cn2)CC1. The number of benzene rings is 1. The number of aromatic nitrogens is 4. The Morgan fingerprint density at radius 3 is 2.44 bits per heavy atom. The highest BCUT2D eigenvalue weighted by Gasteiger charge is 2.30. The quantitative estimate of drug-likeness (QED) is 0.458. The summed E-state index contributed by atoms with van der Waals surface area (Å²) in [5, 5.41) is 14.6. The van der Waals surface area contributed by atoms with Crippen LogP contribution in [0.5, 0.6) is 0 Å². The molecule has 8 heteroatoms.